The van der Waals surface area contributed by atoms with E-state index in [0.717, 1.165) is 19.5 Å². The molecule has 0 aliphatic carbocycles. The van der Waals surface area contributed by atoms with Crippen LogP contribution < -0.4 is 5.73 Å². The molecule has 1 aromatic rings. The van der Waals surface area contributed by atoms with E-state index < -0.39 is 0 Å². The minimum atomic E-state index is -0.00319. The third-order valence-electron chi connectivity index (χ3n) is 3.19. The lowest BCUT2D eigenvalue weighted by molar-refractivity contribution is 0.0684. The number of piperidine rings is 1. The molecule has 1 heterocycles. The lowest BCUT2D eigenvalue weighted by Crippen LogP contribution is -2.39. The Morgan fingerprint density at radius 3 is 3.00 bits per heavy atom. The van der Waals surface area contributed by atoms with Gasteiger partial charge in [0.05, 0.1) is 5.56 Å². The summed E-state index contributed by atoms with van der Waals surface area (Å²) in [5.74, 6) is 0.560. The van der Waals surface area contributed by atoms with Crippen LogP contribution in [0, 0.1) is 5.92 Å². The van der Waals surface area contributed by atoms with Crippen molar-refractivity contribution in [1.82, 2.24) is 4.90 Å². The van der Waals surface area contributed by atoms with Crippen molar-refractivity contribution in [2.45, 2.75) is 19.8 Å². The topological polar surface area (TPSA) is 46.3 Å². The van der Waals surface area contributed by atoms with Gasteiger partial charge in [0.25, 0.3) is 5.91 Å². The largest absolute Gasteiger partial charge is 0.398 e. The summed E-state index contributed by atoms with van der Waals surface area (Å²) in [6.45, 7) is 3.79. The van der Waals surface area contributed by atoms with Crippen molar-refractivity contribution in [2.24, 2.45) is 5.92 Å². The molecule has 1 aliphatic heterocycles. The second-order valence-electron chi connectivity index (χ2n) is 4.73. The molecule has 1 unspecified atom stereocenters. The molecule has 0 radical (unpaired) electrons. The molecule has 2 N–H and O–H groups in total. The predicted octanol–water partition coefficient (Wildman–Crippen LogP) is 2.79. The number of hydrogen-bond donors (Lipinski definition) is 1. The van der Waals surface area contributed by atoms with Crippen LogP contribution in [0.3, 0.4) is 0 Å². The Bertz CT molecular complexity index is 433. The molecule has 17 heavy (non-hydrogen) atoms. The number of halogens is 1. The van der Waals surface area contributed by atoms with Crippen LogP contribution >= 0.6 is 11.6 Å². The highest BCUT2D eigenvalue weighted by Crippen LogP contribution is 2.23. The van der Waals surface area contributed by atoms with Crippen LogP contribution in [0.4, 0.5) is 5.69 Å². The number of nitrogen functional groups attached to an aromatic ring is 1. The van der Waals surface area contributed by atoms with E-state index in [2.05, 4.69) is 6.92 Å². The van der Waals surface area contributed by atoms with Gasteiger partial charge < -0.3 is 10.6 Å². The Morgan fingerprint density at radius 1 is 1.53 bits per heavy atom. The van der Waals surface area contributed by atoms with E-state index in [9.17, 15) is 4.79 Å². The first kappa shape index (κ1) is 12.2. The molecule has 1 aromatic carbocycles. The van der Waals surface area contributed by atoms with Gasteiger partial charge >= 0.3 is 0 Å². The third kappa shape index (κ3) is 2.72. The zero-order valence-electron chi connectivity index (χ0n) is 9.95. The number of nitrogens with two attached hydrogens (primary N) is 1. The molecule has 4 heteroatoms. The minimum Gasteiger partial charge on any atom is -0.398 e. The monoisotopic (exact) mass is 252 g/mol. The van der Waals surface area contributed by atoms with E-state index in [1.54, 1.807) is 18.2 Å². The molecule has 3 nitrogen and oxygen atoms in total. The zero-order valence-corrected chi connectivity index (χ0v) is 10.7. The van der Waals surface area contributed by atoms with Gasteiger partial charge in [-0.05, 0) is 37.0 Å². The smallest absolute Gasteiger partial charge is 0.256 e. The van der Waals surface area contributed by atoms with Crippen molar-refractivity contribution < 1.29 is 4.79 Å². The number of rotatable bonds is 1. The SMILES string of the molecule is CC1CCCN(C(=O)c2cc(Cl)ccc2N)C1. The Labute approximate surface area is 107 Å². The molecule has 1 aliphatic rings. The van der Waals surface area contributed by atoms with Crippen LogP contribution in [-0.2, 0) is 0 Å². The van der Waals surface area contributed by atoms with E-state index in [1.165, 1.54) is 6.42 Å². The summed E-state index contributed by atoms with van der Waals surface area (Å²) < 4.78 is 0. The van der Waals surface area contributed by atoms with Crippen LogP contribution in [0.15, 0.2) is 18.2 Å². The van der Waals surface area contributed by atoms with Crippen LogP contribution in [-0.4, -0.2) is 23.9 Å². The average Bonchev–Trinajstić information content (AvgIpc) is 2.31. The van der Waals surface area contributed by atoms with Crippen molar-refractivity contribution in [2.75, 3.05) is 18.8 Å². The van der Waals surface area contributed by atoms with E-state index in [4.69, 9.17) is 17.3 Å². The van der Waals surface area contributed by atoms with Crippen molar-refractivity contribution in [3.05, 3.63) is 28.8 Å². The third-order valence-corrected chi connectivity index (χ3v) is 3.43. The van der Waals surface area contributed by atoms with Gasteiger partial charge in [0.1, 0.15) is 0 Å². The normalized spacial score (nSPS) is 20.4. The fraction of sp³-hybridized carbons (Fsp3) is 0.462. The number of likely N-dealkylation sites (tertiary alicyclic amines) is 1. The van der Waals surface area contributed by atoms with Crippen molar-refractivity contribution in [3.8, 4) is 0 Å². The first-order valence-electron chi connectivity index (χ1n) is 5.92. The number of carbonyl (C=O) groups excluding carboxylic acids is 1. The zero-order chi connectivity index (χ0) is 12.4. The molecule has 0 aromatic heterocycles. The molecule has 1 fully saturated rings. The van der Waals surface area contributed by atoms with Crippen molar-refractivity contribution in [3.63, 3.8) is 0 Å². The summed E-state index contributed by atoms with van der Waals surface area (Å²) in [4.78, 5) is 14.2. The van der Waals surface area contributed by atoms with E-state index in [1.807, 2.05) is 4.90 Å². The highest BCUT2D eigenvalue weighted by atomic mass is 35.5. The molecule has 0 bridgehead atoms. The summed E-state index contributed by atoms with van der Waals surface area (Å²) in [5, 5.41) is 0.549. The van der Waals surface area contributed by atoms with Crippen LogP contribution in [0.5, 0.6) is 0 Å². The quantitative estimate of drug-likeness (QED) is 0.782. The second-order valence-corrected chi connectivity index (χ2v) is 5.17. The number of carbonyl (C=O) groups is 1. The molecule has 1 amide bonds. The maximum absolute atomic E-state index is 12.3. The van der Waals surface area contributed by atoms with Gasteiger partial charge in [-0.2, -0.15) is 0 Å². The van der Waals surface area contributed by atoms with E-state index in [-0.39, 0.29) is 5.91 Å². The Morgan fingerprint density at radius 2 is 2.29 bits per heavy atom. The van der Waals surface area contributed by atoms with Gasteiger partial charge in [0, 0.05) is 23.8 Å². The standard InChI is InChI=1S/C13H17ClN2O/c1-9-3-2-6-16(8-9)13(17)11-7-10(14)4-5-12(11)15/h4-5,7,9H,2-3,6,8,15H2,1H3. The number of anilines is 1. The van der Waals surface area contributed by atoms with Crippen molar-refractivity contribution >= 4 is 23.2 Å². The lowest BCUT2D eigenvalue weighted by atomic mass is 9.99. The van der Waals surface area contributed by atoms with Gasteiger partial charge in [-0.3, -0.25) is 4.79 Å². The minimum absolute atomic E-state index is 0.00319. The highest BCUT2D eigenvalue weighted by Gasteiger charge is 2.23. The lowest BCUT2D eigenvalue weighted by Gasteiger charge is -2.31. The predicted molar refractivity (Wildman–Crippen MR) is 70.2 cm³/mol. The first-order valence-corrected chi connectivity index (χ1v) is 6.30. The maximum atomic E-state index is 12.3. The number of benzene rings is 1. The molecule has 1 atom stereocenters. The molecular weight excluding hydrogens is 236 g/mol. The summed E-state index contributed by atoms with van der Waals surface area (Å²) >= 11 is 5.90. The van der Waals surface area contributed by atoms with E-state index >= 15 is 0 Å². The number of hydrogen-bond acceptors (Lipinski definition) is 2. The fourth-order valence-corrected chi connectivity index (χ4v) is 2.43. The van der Waals surface area contributed by atoms with Gasteiger partial charge in [0.2, 0.25) is 0 Å². The fourth-order valence-electron chi connectivity index (χ4n) is 2.26. The summed E-state index contributed by atoms with van der Waals surface area (Å²) in [6.07, 6.45) is 2.25. The van der Waals surface area contributed by atoms with Gasteiger partial charge in [0.15, 0.2) is 0 Å². The summed E-state index contributed by atoms with van der Waals surface area (Å²) in [6, 6.07) is 5.04. The molecule has 2 rings (SSSR count). The molecule has 0 spiro atoms. The van der Waals surface area contributed by atoms with E-state index in [0.29, 0.717) is 22.2 Å². The highest BCUT2D eigenvalue weighted by molar-refractivity contribution is 6.31. The van der Waals surface area contributed by atoms with Crippen LogP contribution in [0.1, 0.15) is 30.1 Å². The van der Waals surface area contributed by atoms with Gasteiger partial charge in [-0.25, -0.2) is 0 Å². The first-order chi connectivity index (χ1) is 8.08. The van der Waals surface area contributed by atoms with Gasteiger partial charge in [-0.1, -0.05) is 18.5 Å². The summed E-state index contributed by atoms with van der Waals surface area (Å²) in [7, 11) is 0. The Kier molecular flexibility index (Phi) is 3.57. The summed E-state index contributed by atoms with van der Waals surface area (Å²) in [5.41, 5.74) is 6.84. The van der Waals surface area contributed by atoms with Crippen molar-refractivity contribution in [1.29, 1.82) is 0 Å². The van der Waals surface area contributed by atoms with Crippen LogP contribution in [0.2, 0.25) is 5.02 Å². The molecular formula is C13H17ClN2O. The number of amides is 1. The Hall–Kier alpha value is -1.22. The maximum Gasteiger partial charge on any atom is 0.256 e. The second kappa shape index (κ2) is 4.96. The van der Waals surface area contributed by atoms with Gasteiger partial charge in [-0.15, -0.1) is 0 Å². The van der Waals surface area contributed by atoms with Crippen LogP contribution in [0.25, 0.3) is 0 Å². The molecule has 0 saturated carbocycles. The Balaban J connectivity index is 2.21. The average molecular weight is 253 g/mol. The molecule has 92 valence electrons. The number of nitrogens with zero attached hydrogens (tertiary/aromatic N) is 1. The molecule has 1 saturated heterocycles.